The van der Waals surface area contributed by atoms with Crippen molar-refractivity contribution in [2.75, 3.05) is 5.32 Å². The van der Waals surface area contributed by atoms with E-state index >= 15 is 0 Å². The van der Waals surface area contributed by atoms with E-state index in [-0.39, 0.29) is 29.4 Å². The van der Waals surface area contributed by atoms with E-state index in [1.807, 2.05) is 4.57 Å². The number of anilines is 1. The van der Waals surface area contributed by atoms with E-state index in [1.165, 1.54) is 24.4 Å². The molecule has 5 rings (SSSR count). The van der Waals surface area contributed by atoms with Gasteiger partial charge in [-0.3, -0.25) is 4.98 Å². The first kappa shape index (κ1) is 21.3. The van der Waals surface area contributed by atoms with Crippen LogP contribution in [0.15, 0.2) is 65.6 Å². The molecule has 3 heterocycles. The molecule has 0 aliphatic heterocycles. The molecule has 7 nitrogen and oxygen atoms in total. The highest BCUT2D eigenvalue weighted by Gasteiger charge is 2.29. The van der Waals surface area contributed by atoms with Gasteiger partial charge in [0, 0.05) is 17.8 Å². The molecule has 1 unspecified atom stereocenters. The Balaban J connectivity index is 1.51. The SMILES string of the molecule is OC(Nc1ccncc1F)c1ccc(-c2c(-c3ccc(F)cc3)ncn2[C@@H]2CC[C@H](O)C2)o1. The third-order valence-electron chi connectivity index (χ3n) is 5.88. The van der Waals surface area contributed by atoms with Crippen molar-refractivity contribution in [2.45, 2.75) is 37.6 Å². The van der Waals surface area contributed by atoms with E-state index in [1.54, 1.807) is 30.6 Å². The molecule has 170 valence electrons. The van der Waals surface area contributed by atoms with Crippen LogP contribution in [0.25, 0.3) is 22.7 Å². The maximum absolute atomic E-state index is 13.9. The van der Waals surface area contributed by atoms with Crippen molar-refractivity contribution in [3.05, 3.63) is 78.6 Å². The zero-order valence-corrected chi connectivity index (χ0v) is 17.5. The van der Waals surface area contributed by atoms with Crippen molar-refractivity contribution in [3.63, 3.8) is 0 Å². The fraction of sp³-hybridized carbons (Fsp3) is 0.250. The van der Waals surface area contributed by atoms with Crippen molar-refractivity contribution in [3.8, 4) is 22.7 Å². The van der Waals surface area contributed by atoms with Crippen LogP contribution in [0, 0.1) is 11.6 Å². The molecule has 0 bridgehead atoms. The largest absolute Gasteiger partial charge is 0.455 e. The Hall–Kier alpha value is -3.56. The molecule has 3 atom stereocenters. The number of nitrogens with one attached hydrogen (secondary N) is 1. The summed E-state index contributed by atoms with van der Waals surface area (Å²) in [6, 6.07) is 10.7. The number of benzene rings is 1. The van der Waals surface area contributed by atoms with Gasteiger partial charge in [0.2, 0.25) is 0 Å². The van der Waals surface area contributed by atoms with Gasteiger partial charge < -0.3 is 24.5 Å². The van der Waals surface area contributed by atoms with Gasteiger partial charge in [0.05, 0.1) is 30.0 Å². The van der Waals surface area contributed by atoms with Gasteiger partial charge in [-0.1, -0.05) is 0 Å². The van der Waals surface area contributed by atoms with Crippen LogP contribution in [0.1, 0.15) is 37.3 Å². The summed E-state index contributed by atoms with van der Waals surface area (Å²) in [6.07, 6.45) is 4.54. The van der Waals surface area contributed by atoms with Gasteiger partial charge in [-0.15, -0.1) is 0 Å². The molecule has 3 aromatic heterocycles. The van der Waals surface area contributed by atoms with Gasteiger partial charge in [-0.2, -0.15) is 0 Å². The van der Waals surface area contributed by atoms with E-state index in [0.29, 0.717) is 35.6 Å². The van der Waals surface area contributed by atoms with Gasteiger partial charge in [0.1, 0.15) is 11.5 Å². The van der Waals surface area contributed by atoms with Crippen LogP contribution in [0.4, 0.5) is 14.5 Å². The highest BCUT2D eigenvalue weighted by molar-refractivity contribution is 5.76. The highest BCUT2D eigenvalue weighted by Crippen LogP contribution is 2.39. The first-order valence-corrected chi connectivity index (χ1v) is 10.6. The van der Waals surface area contributed by atoms with Crippen LogP contribution in [-0.4, -0.2) is 30.9 Å². The number of aliphatic hydroxyl groups excluding tert-OH is 2. The van der Waals surface area contributed by atoms with Crippen LogP contribution in [-0.2, 0) is 0 Å². The Bertz CT molecular complexity index is 1250. The normalized spacial score (nSPS) is 19.0. The van der Waals surface area contributed by atoms with Gasteiger partial charge in [0.15, 0.2) is 23.6 Å². The number of furan rings is 1. The Morgan fingerprint density at radius 2 is 1.91 bits per heavy atom. The molecule has 33 heavy (non-hydrogen) atoms. The lowest BCUT2D eigenvalue weighted by molar-refractivity contribution is 0.177. The minimum atomic E-state index is -1.30. The first-order valence-electron chi connectivity index (χ1n) is 10.6. The molecule has 0 saturated heterocycles. The Labute approximate surface area is 188 Å². The fourth-order valence-corrected chi connectivity index (χ4v) is 4.23. The van der Waals surface area contributed by atoms with E-state index in [9.17, 15) is 19.0 Å². The summed E-state index contributed by atoms with van der Waals surface area (Å²) in [6.45, 7) is 0. The lowest BCUT2D eigenvalue weighted by atomic mass is 10.1. The predicted octanol–water partition coefficient (Wildman–Crippen LogP) is 4.67. The number of pyridine rings is 1. The van der Waals surface area contributed by atoms with Gasteiger partial charge in [-0.05, 0) is 61.7 Å². The summed E-state index contributed by atoms with van der Waals surface area (Å²) in [5.74, 6) is -0.319. The second kappa shape index (κ2) is 8.76. The molecule has 1 aliphatic carbocycles. The third-order valence-corrected chi connectivity index (χ3v) is 5.88. The minimum Gasteiger partial charge on any atom is -0.455 e. The van der Waals surface area contributed by atoms with Crippen LogP contribution in [0.2, 0.25) is 0 Å². The Kier molecular flexibility index (Phi) is 5.65. The topological polar surface area (TPSA) is 96.3 Å². The zero-order valence-electron chi connectivity index (χ0n) is 17.5. The molecule has 0 amide bonds. The van der Waals surface area contributed by atoms with E-state index < -0.39 is 12.0 Å². The van der Waals surface area contributed by atoms with Crippen molar-refractivity contribution >= 4 is 5.69 Å². The number of aliphatic hydroxyl groups is 2. The lowest BCUT2D eigenvalue weighted by Crippen LogP contribution is -2.10. The number of imidazole rings is 1. The van der Waals surface area contributed by atoms with Crippen molar-refractivity contribution in [1.82, 2.24) is 14.5 Å². The van der Waals surface area contributed by atoms with Crippen LogP contribution in [0.3, 0.4) is 0 Å². The van der Waals surface area contributed by atoms with Crippen molar-refractivity contribution < 1.29 is 23.4 Å². The fourth-order valence-electron chi connectivity index (χ4n) is 4.23. The van der Waals surface area contributed by atoms with Crippen LogP contribution in [0.5, 0.6) is 0 Å². The third kappa shape index (κ3) is 4.24. The smallest absolute Gasteiger partial charge is 0.184 e. The van der Waals surface area contributed by atoms with Gasteiger partial charge in [0.25, 0.3) is 0 Å². The number of rotatable bonds is 6. The van der Waals surface area contributed by atoms with Crippen molar-refractivity contribution in [1.29, 1.82) is 0 Å². The lowest BCUT2D eigenvalue weighted by Gasteiger charge is -2.16. The van der Waals surface area contributed by atoms with Crippen LogP contribution >= 0.6 is 0 Å². The summed E-state index contributed by atoms with van der Waals surface area (Å²) in [5.41, 5.74) is 2.06. The Morgan fingerprint density at radius 3 is 2.64 bits per heavy atom. The number of halogens is 2. The molecule has 1 aromatic carbocycles. The first-order chi connectivity index (χ1) is 16.0. The molecule has 1 fully saturated rings. The molecule has 0 radical (unpaired) electrons. The number of hydrogen-bond acceptors (Lipinski definition) is 6. The quantitative estimate of drug-likeness (QED) is 0.368. The predicted molar refractivity (Wildman–Crippen MR) is 117 cm³/mol. The summed E-state index contributed by atoms with van der Waals surface area (Å²) >= 11 is 0. The second-order valence-corrected chi connectivity index (χ2v) is 8.08. The summed E-state index contributed by atoms with van der Waals surface area (Å²) in [7, 11) is 0. The number of aromatic nitrogens is 3. The van der Waals surface area contributed by atoms with E-state index in [2.05, 4.69) is 15.3 Å². The molecular weight excluding hydrogens is 430 g/mol. The maximum Gasteiger partial charge on any atom is 0.184 e. The second-order valence-electron chi connectivity index (χ2n) is 8.08. The molecular formula is C24H22F2N4O3. The average molecular weight is 452 g/mol. The summed E-state index contributed by atoms with van der Waals surface area (Å²) in [4.78, 5) is 8.25. The van der Waals surface area contributed by atoms with E-state index in [0.717, 1.165) is 12.6 Å². The summed E-state index contributed by atoms with van der Waals surface area (Å²) < 4.78 is 35.3. The molecule has 9 heteroatoms. The van der Waals surface area contributed by atoms with Crippen LogP contribution < -0.4 is 5.32 Å². The van der Waals surface area contributed by atoms with E-state index in [4.69, 9.17) is 4.42 Å². The maximum atomic E-state index is 13.9. The standard InChI is InChI=1S/C24H22F2N4O3/c25-15-3-1-14(2-4-15)22-23(30(13-28-22)16-5-6-17(31)11-16)20-7-8-21(33-20)24(32)29-19-9-10-27-12-18(19)26/h1-4,7-10,12-13,16-17,24,31-32H,5-6,11H2,(H,27,29)/t16-,17+,24?/m1/s1. The van der Waals surface area contributed by atoms with Crippen molar-refractivity contribution in [2.24, 2.45) is 0 Å². The summed E-state index contributed by atoms with van der Waals surface area (Å²) in [5, 5.41) is 23.3. The Morgan fingerprint density at radius 1 is 1.09 bits per heavy atom. The number of nitrogens with zero attached hydrogens (tertiary/aromatic N) is 3. The molecule has 1 saturated carbocycles. The molecule has 4 aromatic rings. The molecule has 1 aliphatic rings. The van der Waals surface area contributed by atoms with Gasteiger partial charge in [-0.25, -0.2) is 13.8 Å². The highest BCUT2D eigenvalue weighted by atomic mass is 19.1. The van der Waals surface area contributed by atoms with Gasteiger partial charge >= 0.3 is 0 Å². The molecule has 3 N–H and O–H groups in total. The zero-order chi connectivity index (χ0) is 22.9. The average Bonchev–Trinajstić information content (AvgIpc) is 3.54. The monoisotopic (exact) mass is 452 g/mol. The number of hydrogen-bond donors (Lipinski definition) is 3. The minimum absolute atomic E-state index is 0.0270. The molecule has 0 spiro atoms.